The highest BCUT2D eigenvalue weighted by atomic mass is 32.1. The van der Waals surface area contributed by atoms with E-state index in [4.69, 9.17) is 0 Å². The highest BCUT2D eigenvalue weighted by Gasteiger charge is 2.07. The summed E-state index contributed by atoms with van der Waals surface area (Å²) in [5.74, 6) is 0.372. The molecule has 0 bridgehead atoms. The third kappa shape index (κ3) is 1.33. The van der Waals surface area contributed by atoms with Crippen LogP contribution < -0.4 is 5.32 Å². The average Bonchev–Trinajstić information content (AvgIpc) is 2.58. The summed E-state index contributed by atoms with van der Waals surface area (Å²) in [6.07, 6.45) is 9.90. The second-order valence-electron chi connectivity index (χ2n) is 2.28. The zero-order chi connectivity index (χ0) is 7.52. The molecule has 2 heterocycles. The molecule has 0 amide bonds. The minimum atomic E-state index is 0.372. The molecule has 2 rings (SSSR count). The van der Waals surface area contributed by atoms with E-state index < -0.39 is 0 Å². The number of aromatic nitrogens is 1. The van der Waals surface area contributed by atoms with Gasteiger partial charge in [0.05, 0.1) is 5.92 Å². The van der Waals surface area contributed by atoms with Crippen molar-refractivity contribution in [2.24, 2.45) is 0 Å². The van der Waals surface area contributed by atoms with Crippen LogP contribution in [0.1, 0.15) is 10.9 Å². The molecule has 56 valence electrons. The SMILES string of the molecule is C1=CC(c2nccs2)C=CN1. The van der Waals surface area contributed by atoms with Crippen LogP contribution in [-0.2, 0) is 0 Å². The van der Waals surface area contributed by atoms with Gasteiger partial charge in [0, 0.05) is 11.6 Å². The summed E-state index contributed by atoms with van der Waals surface area (Å²) in [6.45, 7) is 0. The van der Waals surface area contributed by atoms with Gasteiger partial charge < -0.3 is 5.32 Å². The van der Waals surface area contributed by atoms with Crippen LogP contribution in [0.3, 0.4) is 0 Å². The smallest absolute Gasteiger partial charge is 0.103 e. The maximum Gasteiger partial charge on any atom is 0.103 e. The average molecular weight is 164 g/mol. The summed E-state index contributed by atoms with van der Waals surface area (Å²) in [7, 11) is 0. The highest BCUT2D eigenvalue weighted by Crippen LogP contribution is 2.21. The molecule has 2 nitrogen and oxygen atoms in total. The van der Waals surface area contributed by atoms with Crippen LogP contribution in [0.25, 0.3) is 0 Å². The molecule has 0 aliphatic carbocycles. The van der Waals surface area contributed by atoms with Gasteiger partial charge in [-0.15, -0.1) is 11.3 Å². The van der Waals surface area contributed by atoms with Crippen molar-refractivity contribution in [1.29, 1.82) is 0 Å². The summed E-state index contributed by atoms with van der Waals surface area (Å²) >= 11 is 1.69. The Morgan fingerprint density at radius 3 is 2.82 bits per heavy atom. The molecule has 0 atom stereocenters. The summed E-state index contributed by atoms with van der Waals surface area (Å²) in [4.78, 5) is 4.23. The van der Waals surface area contributed by atoms with E-state index in [9.17, 15) is 0 Å². The lowest BCUT2D eigenvalue weighted by molar-refractivity contribution is 0.976. The first-order valence-electron chi connectivity index (χ1n) is 3.45. The van der Waals surface area contributed by atoms with Gasteiger partial charge in [-0.2, -0.15) is 0 Å². The Morgan fingerprint density at radius 1 is 1.36 bits per heavy atom. The molecule has 0 saturated carbocycles. The van der Waals surface area contributed by atoms with Crippen molar-refractivity contribution in [3.63, 3.8) is 0 Å². The van der Waals surface area contributed by atoms with E-state index in [0.29, 0.717) is 5.92 Å². The predicted octanol–water partition coefficient (Wildman–Crippen LogP) is 1.86. The molecule has 1 N–H and O–H groups in total. The zero-order valence-electron chi connectivity index (χ0n) is 5.90. The van der Waals surface area contributed by atoms with Gasteiger partial charge in [0.25, 0.3) is 0 Å². The Morgan fingerprint density at radius 2 is 2.18 bits per heavy atom. The van der Waals surface area contributed by atoms with Crippen molar-refractivity contribution in [1.82, 2.24) is 10.3 Å². The number of hydrogen-bond donors (Lipinski definition) is 1. The quantitative estimate of drug-likeness (QED) is 0.685. The summed E-state index contributed by atoms with van der Waals surface area (Å²) in [6, 6.07) is 0. The maximum absolute atomic E-state index is 4.23. The van der Waals surface area contributed by atoms with Gasteiger partial charge in [-0.3, -0.25) is 0 Å². The van der Waals surface area contributed by atoms with Crippen molar-refractivity contribution in [3.8, 4) is 0 Å². The lowest BCUT2D eigenvalue weighted by Gasteiger charge is -2.07. The summed E-state index contributed by atoms with van der Waals surface area (Å²) < 4.78 is 0. The standard InChI is InChI=1S/C8H8N2S/c1-3-9-4-2-7(1)8-10-5-6-11-8/h1-7,9H. The first-order valence-corrected chi connectivity index (χ1v) is 4.33. The van der Waals surface area contributed by atoms with Crippen LogP contribution in [0.4, 0.5) is 0 Å². The molecule has 0 spiro atoms. The largest absolute Gasteiger partial charge is 0.368 e. The van der Waals surface area contributed by atoms with Gasteiger partial charge in [-0.05, 0) is 12.4 Å². The fourth-order valence-electron chi connectivity index (χ4n) is 1.00. The Bertz CT molecular complexity index is 262. The summed E-state index contributed by atoms with van der Waals surface area (Å²) in [5.41, 5.74) is 0. The molecule has 0 aromatic carbocycles. The second kappa shape index (κ2) is 2.88. The molecular weight excluding hydrogens is 156 g/mol. The van der Waals surface area contributed by atoms with Gasteiger partial charge in [0.15, 0.2) is 0 Å². The number of dihydropyridines is 1. The fourth-order valence-corrected chi connectivity index (χ4v) is 1.70. The predicted molar refractivity (Wildman–Crippen MR) is 46.3 cm³/mol. The van der Waals surface area contributed by atoms with E-state index >= 15 is 0 Å². The molecule has 1 aromatic rings. The van der Waals surface area contributed by atoms with Crippen LogP contribution in [-0.4, -0.2) is 4.98 Å². The number of hydrogen-bond acceptors (Lipinski definition) is 3. The van der Waals surface area contributed by atoms with Crippen molar-refractivity contribution in [2.45, 2.75) is 5.92 Å². The molecule has 0 radical (unpaired) electrons. The van der Waals surface area contributed by atoms with E-state index in [2.05, 4.69) is 22.5 Å². The Labute approximate surface area is 69.3 Å². The topological polar surface area (TPSA) is 24.9 Å². The van der Waals surface area contributed by atoms with E-state index in [-0.39, 0.29) is 0 Å². The van der Waals surface area contributed by atoms with Crippen molar-refractivity contribution in [3.05, 3.63) is 41.1 Å². The molecule has 0 fully saturated rings. The second-order valence-corrected chi connectivity index (χ2v) is 3.21. The Hall–Kier alpha value is -1.09. The molecule has 3 heteroatoms. The van der Waals surface area contributed by atoms with Crippen LogP contribution in [0.5, 0.6) is 0 Å². The molecule has 1 aromatic heterocycles. The van der Waals surface area contributed by atoms with Crippen molar-refractivity contribution >= 4 is 11.3 Å². The van der Waals surface area contributed by atoms with E-state index in [1.165, 1.54) is 0 Å². The minimum Gasteiger partial charge on any atom is -0.368 e. The number of rotatable bonds is 1. The van der Waals surface area contributed by atoms with Gasteiger partial charge in [-0.25, -0.2) is 4.98 Å². The van der Waals surface area contributed by atoms with Gasteiger partial charge in [-0.1, -0.05) is 12.2 Å². The van der Waals surface area contributed by atoms with Crippen LogP contribution in [0.2, 0.25) is 0 Å². The minimum absolute atomic E-state index is 0.372. The number of nitrogens with one attached hydrogen (secondary N) is 1. The molecular formula is C8H8N2S. The fraction of sp³-hybridized carbons (Fsp3) is 0.125. The molecule has 1 aliphatic rings. The van der Waals surface area contributed by atoms with E-state index in [1.807, 2.05) is 24.0 Å². The van der Waals surface area contributed by atoms with Crippen molar-refractivity contribution < 1.29 is 0 Å². The molecule has 1 aliphatic heterocycles. The van der Waals surface area contributed by atoms with Crippen LogP contribution >= 0.6 is 11.3 Å². The molecule has 0 saturated heterocycles. The monoisotopic (exact) mass is 164 g/mol. The lowest BCUT2D eigenvalue weighted by atomic mass is 10.1. The summed E-state index contributed by atoms with van der Waals surface area (Å²) in [5, 5.41) is 6.14. The highest BCUT2D eigenvalue weighted by molar-refractivity contribution is 7.09. The number of nitrogens with zero attached hydrogens (tertiary/aromatic N) is 1. The normalized spacial score (nSPS) is 16.7. The number of thiazole rings is 1. The first-order chi connectivity index (χ1) is 5.47. The molecule has 11 heavy (non-hydrogen) atoms. The third-order valence-corrected chi connectivity index (χ3v) is 2.41. The zero-order valence-corrected chi connectivity index (χ0v) is 6.71. The third-order valence-electron chi connectivity index (χ3n) is 1.54. The Kier molecular flexibility index (Phi) is 1.73. The van der Waals surface area contributed by atoms with Gasteiger partial charge >= 0.3 is 0 Å². The van der Waals surface area contributed by atoms with Gasteiger partial charge in [0.1, 0.15) is 5.01 Å². The van der Waals surface area contributed by atoms with E-state index in [1.54, 1.807) is 11.3 Å². The van der Waals surface area contributed by atoms with Crippen LogP contribution in [0.15, 0.2) is 36.1 Å². The van der Waals surface area contributed by atoms with Gasteiger partial charge in [0.2, 0.25) is 0 Å². The Balaban J connectivity index is 2.23. The van der Waals surface area contributed by atoms with Crippen molar-refractivity contribution in [2.75, 3.05) is 0 Å². The number of allylic oxidation sites excluding steroid dienone is 2. The maximum atomic E-state index is 4.23. The van der Waals surface area contributed by atoms with E-state index in [0.717, 1.165) is 5.01 Å². The first kappa shape index (κ1) is 6.61. The lowest BCUT2D eigenvalue weighted by Crippen LogP contribution is -2.02. The molecule has 0 unspecified atom stereocenters. The van der Waals surface area contributed by atoms with Crippen LogP contribution in [0, 0.1) is 0 Å².